The Bertz CT molecular complexity index is 626. The maximum Gasteiger partial charge on any atom is 0.145 e. The summed E-state index contributed by atoms with van der Waals surface area (Å²) in [5.41, 5.74) is 0.752. The normalized spacial score (nSPS) is 14.4. The lowest BCUT2D eigenvalue weighted by atomic mass is 10.1. The zero-order valence-corrected chi connectivity index (χ0v) is 11.9. The summed E-state index contributed by atoms with van der Waals surface area (Å²) in [5.74, 6) is -0.369. The van der Waals surface area contributed by atoms with Gasteiger partial charge in [0.15, 0.2) is 0 Å². The summed E-state index contributed by atoms with van der Waals surface area (Å²) < 4.78 is 14.1. The third kappa shape index (κ3) is 2.90. The average molecular weight is 286 g/mol. The summed E-state index contributed by atoms with van der Waals surface area (Å²) in [7, 11) is 0. The van der Waals surface area contributed by atoms with Crippen molar-refractivity contribution in [1.82, 2.24) is 4.90 Å². The van der Waals surface area contributed by atoms with Crippen LogP contribution in [0.25, 0.3) is 0 Å². The van der Waals surface area contributed by atoms with Crippen LogP contribution in [0.15, 0.2) is 35.7 Å². The molecule has 2 nitrogen and oxygen atoms in total. The van der Waals surface area contributed by atoms with Gasteiger partial charge >= 0.3 is 0 Å². The van der Waals surface area contributed by atoms with Gasteiger partial charge in [-0.25, -0.2) is 4.39 Å². The van der Waals surface area contributed by atoms with Crippen LogP contribution in [-0.2, 0) is 13.1 Å². The average Bonchev–Trinajstić information content (AvgIpc) is 3.18. The molecule has 3 rings (SSSR count). The van der Waals surface area contributed by atoms with E-state index in [2.05, 4.69) is 16.3 Å². The highest BCUT2D eigenvalue weighted by Crippen LogP contribution is 2.31. The van der Waals surface area contributed by atoms with Gasteiger partial charge < -0.3 is 0 Å². The zero-order valence-electron chi connectivity index (χ0n) is 11.1. The summed E-state index contributed by atoms with van der Waals surface area (Å²) in [5, 5.41) is 11.0. The molecule has 102 valence electrons. The van der Waals surface area contributed by atoms with Gasteiger partial charge in [0, 0.05) is 29.6 Å². The zero-order chi connectivity index (χ0) is 13.9. The maximum atomic E-state index is 14.1. The molecule has 1 fully saturated rings. The topological polar surface area (TPSA) is 27.0 Å². The van der Waals surface area contributed by atoms with Crippen LogP contribution in [0, 0.1) is 17.1 Å². The van der Waals surface area contributed by atoms with Crippen LogP contribution >= 0.6 is 11.3 Å². The number of rotatable bonds is 5. The molecule has 0 spiro atoms. The minimum atomic E-state index is -0.369. The fourth-order valence-electron chi connectivity index (χ4n) is 2.36. The molecule has 1 aromatic carbocycles. The number of benzene rings is 1. The molecule has 2 aromatic rings. The molecule has 1 aromatic heterocycles. The van der Waals surface area contributed by atoms with Gasteiger partial charge in [0.25, 0.3) is 0 Å². The second-order valence-corrected chi connectivity index (χ2v) is 6.14. The Kier molecular flexibility index (Phi) is 3.81. The third-order valence-corrected chi connectivity index (χ3v) is 4.44. The molecule has 20 heavy (non-hydrogen) atoms. The van der Waals surface area contributed by atoms with Crippen molar-refractivity contribution in [1.29, 1.82) is 5.26 Å². The van der Waals surface area contributed by atoms with Crippen molar-refractivity contribution in [3.63, 3.8) is 0 Å². The Morgan fingerprint density at radius 3 is 2.75 bits per heavy atom. The van der Waals surface area contributed by atoms with Crippen LogP contribution in [0.2, 0.25) is 0 Å². The van der Waals surface area contributed by atoms with Gasteiger partial charge in [0.1, 0.15) is 11.9 Å². The highest BCUT2D eigenvalue weighted by Gasteiger charge is 2.29. The smallest absolute Gasteiger partial charge is 0.145 e. The quantitative estimate of drug-likeness (QED) is 0.833. The minimum Gasteiger partial charge on any atom is -0.291 e. The van der Waals surface area contributed by atoms with E-state index in [1.165, 1.54) is 23.8 Å². The largest absolute Gasteiger partial charge is 0.291 e. The molecular formula is C16H15FN2S. The number of hydrogen-bond acceptors (Lipinski definition) is 3. The van der Waals surface area contributed by atoms with E-state index < -0.39 is 0 Å². The molecular weight excluding hydrogens is 271 g/mol. The Morgan fingerprint density at radius 2 is 2.10 bits per heavy atom. The summed E-state index contributed by atoms with van der Waals surface area (Å²) in [4.78, 5) is 3.61. The van der Waals surface area contributed by atoms with Crippen molar-refractivity contribution in [2.24, 2.45) is 0 Å². The molecule has 1 heterocycles. The van der Waals surface area contributed by atoms with E-state index in [9.17, 15) is 4.39 Å². The van der Waals surface area contributed by atoms with Crippen molar-refractivity contribution < 1.29 is 4.39 Å². The van der Waals surface area contributed by atoms with Gasteiger partial charge in [0.05, 0.1) is 5.56 Å². The highest BCUT2D eigenvalue weighted by atomic mass is 32.1. The Balaban J connectivity index is 1.78. The van der Waals surface area contributed by atoms with Crippen LogP contribution in [0.3, 0.4) is 0 Å². The van der Waals surface area contributed by atoms with E-state index in [0.717, 1.165) is 6.54 Å². The highest BCUT2D eigenvalue weighted by molar-refractivity contribution is 7.09. The predicted octanol–water partition coefficient (Wildman–Crippen LogP) is 3.92. The number of halogens is 1. The first-order valence-corrected chi connectivity index (χ1v) is 7.60. The first-order chi connectivity index (χ1) is 9.78. The molecule has 0 saturated heterocycles. The van der Waals surface area contributed by atoms with Gasteiger partial charge in [-0.2, -0.15) is 5.26 Å². The third-order valence-electron chi connectivity index (χ3n) is 3.57. The minimum absolute atomic E-state index is 0.134. The van der Waals surface area contributed by atoms with Gasteiger partial charge in [-0.15, -0.1) is 11.3 Å². The molecule has 0 bridgehead atoms. The number of nitriles is 1. The molecule has 0 aliphatic heterocycles. The summed E-state index contributed by atoms with van der Waals surface area (Å²) in [6.45, 7) is 1.43. The number of hydrogen-bond donors (Lipinski definition) is 0. The van der Waals surface area contributed by atoms with Gasteiger partial charge in [-0.1, -0.05) is 18.2 Å². The van der Waals surface area contributed by atoms with Crippen LogP contribution in [0.4, 0.5) is 4.39 Å². The molecule has 0 amide bonds. The summed E-state index contributed by atoms with van der Waals surface area (Å²) in [6, 6.07) is 11.7. The van der Waals surface area contributed by atoms with E-state index in [1.54, 1.807) is 23.5 Å². The van der Waals surface area contributed by atoms with Crippen LogP contribution in [0.5, 0.6) is 0 Å². The Hall–Kier alpha value is -1.70. The molecule has 0 atom stereocenters. The molecule has 1 aliphatic carbocycles. The lowest BCUT2D eigenvalue weighted by Crippen LogP contribution is -2.25. The molecule has 1 aliphatic rings. The Morgan fingerprint density at radius 1 is 1.25 bits per heavy atom. The fourth-order valence-corrected chi connectivity index (χ4v) is 3.09. The number of thiophene rings is 1. The van der Waals surface area contributed by atoms with Crippen molar-refractivity contribution >= 4 is 11.3 Å². The van der Waals surface area contributed by atoms with E-state index >= 15 is 0 Å². The molecule has 0 radical (unpaired) electrons. The van der Waals surface area contributed by atoms with Crippen LogP contribution in [-0.4, -0.2) is 10.9 Å². The lowest BCUT2D eigenvalue weighted by Gasteiger charge is -2.21. The van der Waals surface area contributed by atoms with E-state index in [-0.39, 0.29) is 11.4 Å². The molecule has 4 heteroatoms. The van der Waals surface area contributed by atoms with E-state index in [0.29, 0.717) is 18.2 Å². The van der Waals surface area contributed by atoms with Crippen LogP contribution < -0.4 is 0 Å². The molecule has 1 saturated carbocycles. The van der Waals surface area contributed by atoms with Gasteiger partial charge in [-0.3, -0.25) is 4.90 Å². The SMILES string of the molecule is N#Cc1cccc(CN(Cc2cccs2)C2CC2)c1F. The van der Waals surface area contributed by atoms with Crippen molar-refractivity contribution in [2.45, 2.75) is 32.0 Å². The molecule has 0 N–H and O–H groups in total. The standard InChI is InChI=1S/C16H15FN2S/c17-16-12(9-18)3-1-4-13(16)10-19(14-6-7-14)11-15-5-2-8-20-15/h1-5,8,14H,6-7,10-11H2. The fraction of sp³-hybridized carbons (Fsp3) is 0.312. The first kappa shape index (κ1) is 13.3. The summed E-state index contributed by atoms with van der Waals surface area (Å²) >= 11 is 1.73. The lowest BCUT2D eigenvalue weighted by molar-refractivity contribution is 0.244. The van der Waals surface area contributed by atoms with Crippen molar-refractivity contribution in [2.75, 3.05) is 0 Å². The predicted molar refractivity (Wildman–Crippen MR) is 77.7 cm³/mol. The summed E-state index contributed by atoms with van der Waals surface area (Å²) in [6.07, 6.45) is 2.37. The number of nitrogens with zero attached hydrogens (tertiary/aromatic N) is 2. The monoisotopic (exact) mass is 286 g/mol. The van der Waals surface area contributed by atoms with E-state index in [1.807, 2.05) is 12.1 Å². The van der Waals surface area contributed by atoms with Crippen molar-refractivity contribution in [3.05, 3.63) is 57.5 Å². The first-order valence-electron chi connectivity index (χ1n) is 6.72. The van der Waals surface area contributed by atoms with Crippen LogP contribution in [0.1, 0.15) is 28.8 Å². The van der Waals surface area contributed by atoms with Crippen molar-refractivity contribution in [3.8, 4) is 6.07 Å². The maximum absolute atomic E-state index is 14.1. The van der Waals surface area contributed by atoms with Gasteiger partial charge in [-0.05, 0) is 30.4 Å². The van der Waals surface area contributed by atoms with Gasteiger partial charge in [0.2, 0.25) is 0 Å². The molecule has 0 unspecified atom stereocenters. The van der Waals surface area contributed by atoms with E-state index in [4.69, 9.17) is 5.26 Å². The second kappa shape index (κ2) is 5.74. The second-order valence-electron chi connectivity index (χ2n) is 5.11. The Labute approximate surface area is 122 Å².